The molecule has 0 spiro atoms. The molecule has 0 bridgehead atoms. The molecule has 0 heterocycles. The Bertz CT molecular complexity index is 143. The Hall–Kier alpha value is 5.82. The maximum absolute atomic E-state index is 9.85. The predicted octanol–water partition coefficient (Wildman–Crippen LogP) is 4.19. The average Bonchev–Trinajstić information content (AvgIpc) is 1.62. The molecule has 0 aromatic rings. The fourth-order valence-electron chi connectivity index (χ4n) is 0. The van der Waals surface area contributed by atoms with Gasteiger partial charge >= 0.3 is 11.0 Å². The van der Waals surface area contributed by atoms with Gasteiger partial charge in [-0.1, -0.05) is 191 Å². The average molecular weight is 1100 g/mol. The summed E-state index contributed by atoms with van der Waals surface area (Å²) in [6.45, 7) is 0. The molecule has 0 N–H and O–H groups in total. The summed E-state index contributed by atoms with van der Waals surface area (Å²) in [7, 11) is 0. The van der Waals surface area contributed by atoms with E-state index in [1.165, 1.54) is 0 Å². The molecule has 0 atom stereocenters. The topological polar surface area (TPSA) is 92.2 Å². The van der Waals surface area contributed by atoms with E-state index in [1.54, 1.807) is 0 Å². The Morgan fingerprint density at radius 1 is 0.333 bits per heavy atom. The van der Waals surface area contributed by atoms with E-state index in [0.717, 1.165) is 0 Å². The third-order valence-electron chi connectivity index (χ3n) is 0. The van der Waals surface area contributed by atoms with Crippen molar-refractivity contribution in [2.24, 2.45) is 0 Å². The molecular formula is C4Br12O4Si. The molecule has 0 aliphatic carbocycles. The Morgan fingerprint density at radius 3 is 0.333 bits per heavy atom. The van der Waals surface area contributed by atoms with Crippen LogP contribution in [0.15, 0.2) is 0 Å². The van der Waals surface area contributed by atoms with Crippen LogP contribution in [0.25, 0.3) is 0 Å². The number of rotatable bonds is 0. The van der Waals surface area contributed by atoms with Gasteiger partial charge in [-0.15, -0.1) is 0 Å². The molecule has 0 aliphatic rings. The second-order valence-corrected chi connectivity index (χ2v) is 28.0. The zero-order chi connectivity index (χ0) is 18.0. The maximum atomic E-state index is 9.85. The molecule has 0 aromatic carbocycles. The van der Waals surface area contributed by atoms with Gasteiger partial charge in [-0.05, 0) is 0 Å². The van der Waals surface area contributed by atoms with Crippen molar-refractivity contribution in [1.82, 2.24) is 0 Å². The van der Waals surface area contributed by atoms with E-state index < -0.39 is 9.32 Å². The summed E-state index contributed by atoms with van der Waals surface area (Å²) < 4.78 is -5.25. The smallest absolute Gasteiger partial charge is 0.824 e. The van der Waals surface area contributed by atoms with Crippen molar-refractivity contribution in [2.45, 2.75) is 9.32 Å². The van der Waals surface area contributed by atoms with E-state index in [2.05, 4.69) is 191 Å². The van der Waals surface area contributed by atoms with Crippen LogP contribution in [0, 0.1) is 0 Å². The van der Waals surface area contributed by atoms with E-state index in [-0.39, 0.29) is 11.0 Å². The van der Waals surface area contributed by atoms with Crippen molar-refractivity contribution in [1.29, 1.82) is 0 Å². The predicted molar refractivity (Wildman–Crippen MR) is 124 cm³/mol. The first-order chi connectivity index (χ1) is 8.00. The number of hydrogen-bond acceptors (Lipinski definition) is 4. The van der Waals surface area contributed by atoms with Crippen LogP contribution in [0.3, 0.4) is 0 Å². The molecule has 21 heavy (non-hydrogen) atoms. The molecule has 0 amide bonds. The molecule has 0 rings (SSSR count). The van der Waals surface area contributed by atoms with Gasteiger partial charge < -0.3 is 20.4 Å². The minimum Gasteiger partial charge on any atom is -0.824 e. The molecule has 0 unspecified atom stereocenters. The molecule has 0 radical (unpaired) electrons. The van der Waals surface area contributed by atoms with Crippen molar-refractivity contribution in [3.63, 3.8) is 0 Å². The van der Waals surface area contributed by atoms with Crippen LogP contribution in [0.2, 0.25) is 0 Å². The minimum atomic E-state index is -1.31. The molecule has 0 fully saturated rings. The van der Waals surface area contributed by atoms with Gasteiger partial charge in [0.15, 0.2) is 0 Å². The summed E-state index contributed by atoms with van der Waals surface area (Å²) in [5.41, 5.74) is 0. The van der Waals surface area contributed by atoms with Gasteiger partial charge in [0.2, 0.25) is 0 Å². The maximum Gasteiger partial charge on any atom is 4.00 e. The van der Waals surface area contributed by atoms with E-state index in [9.17, 15) is 20.4 Å². The molecule has 0 saturated heterocycles. The van der Waals surface area contributed by atoms with Crippen molar-refractivity contribution < 1.29 is 20.4 Å². The number of halogens is 12. The van der Waals surface area contributed by atoms with Crippen LogP contribution in [0.4, 0.5) is 0 Å². The van der Waals surface area contributed by atoms with Gasteiger partial charge in [-0.3, -0.25) is 0 Å². The Morgan fingerprint density at radius 2 is 0.333 bits per heavy atom. The third-order valence-corrected chi connectivity index (χ3v) is 0. The quantitative estimate of drug-likeness (QED) is 0.269. The molecule has 0 aromatic heterocycles. The molecule has 17 heteroatoms. The van der Waals surface area contributed by atoms with Crippen LogP contribution in [0.5, 0.6) is 0 Å². The second kappa shape index (κ2) is 17.9. The normalized spacial score (nSPS) is 11.4. The van der Waals surface area contributed by atoms with Gasteiger partial charge in [-0.2, -0.15) is 0 Å². The third kappa shape index (κ3) is 433. The minimum absolute atomic E-state index is 0. The Kier molecular flexibility index (Phi) is 32.0. The van der Waals surface area contributed by atoms with Crippen LogP contribution in [0.1, 0.15) is 0 Å². The summed E-state index contributed by atoms with van der Waals surface area (Å²) in [5, 5.41) is 39.4. The van der Waals surface area contributed by atoms with Crippen molar-refractivity contribution in [2.75, 3.05) is 0 Å². The van der Waals surface area contributed by atoms with Crippen LogP contribution < -0.4 is 20.4 Å². The number of hydrogen-bond donors (Lipinski definition) is 0. The van der Waals surface area contributed by atoms with Gasteiger partial charge in [0.1, 0.15) is 0 Å². The first-order valence-electron chi connectivity index (χ1n) is 3.08. The summed E-state index contributed by atoms with van der Waals surface area (Å²) in [5.74, 6) is 0. The molecule has 0 saturated carbocycles. The van der Waals surface area contributed by atoms with E-state index in [1.807, 2.05) is 0 Å². The fourth-order valence-corrected chi connectivity index (χ4v) is 0. The van der Waals surface area contributed by atoms with E-state index in [0.29, 0.717) is 0 Å². The molecule has 4 nitrogen and oxygen atoms in total. The summed E-state index contributed by atoms with van der Waals surface area (Å²) >= 11 is 31.8. The second-order valence-electron chi connectivity index (χ2n) is 1.78. The molecule has 0 aliphatic heterocycles. The van der Waals surface area contributed by atoms with Crippen LogP contribution in [-0.4, -0.2) is 20.3 Å². The fraction of sp³-hybridized carbons (Fsp3) is 1.00. The largest absolute Gasteiger partial charge is 4.00 e. The number of alkyl halides is 12. The SMILES string of the molecule is [O-]C(Br)(Br)Br.[O-]C(Br)(Br)Br.[O-]C(Br)(Br)Br.[O-]C(Br)(Br)Br.[Si+4]. The first-order valence-corrected chi connectivity index (χ1v) is 12.6. The van der Waals surface area contributed by atoms with E-state index in [4.69, 9.17) is 0 Å². The van der Waals surface area contributed by atoms with Crippen LogP contribution in [-0.2, 0) is 0 Å². The van der Waals surface area contributed by atoms with Gasteiger partial charge in [0, 0.05) is 0 Å². The van der Waals surface area contributed by atoms with Gasteiger partial charge in [0.25, 0.3) is 0 Å². The van der Waals surface area contributed by atoms with E-state index >= 15 is 0 Å². The standard InChI is InChI=1S/4CBr3O.Si/c4*2-1(3,4)5;/q4*-1;+4. The van der Waals surface area contributed by atoms with Crippen molar-refractivity contribution in [3.8, 4) is 0 Å². The van der Waals surface area contributed by atoms with Gasteiger partial charge in [0.05, 0.1) is 9.32 Å². The van der Waals surface area contributed by atoms with Crippen molar-refractivity contribution in [3.05, 3.63) is 0 Å². The monoisotopic (exact) mass is 1090 g/mol. The Labute approximate surface area is 227 Å². The molecular weight excluding hydrogens is 1100 g/mol. The van der Waals surface area contributed by atoms with Gasteiger partial charge in [-0.25, -0.2) is 0 Å². The molecule has 128 valence electrons. The summed E-state index contributed by atoms with van der Waals surface area (Å²) in [4.78, 5) is 0. The van der Waals surface area contributed by atoms with Crippen molar-refractivity contribution >= 4 is 202 Å². The summed E-state index contributed by atoms with van der Waals surface area (Å²) in [6, 6.07) is 0. The summed E-state index contributed by atoms with van der Waals surface area (Å²) in [6.07, 6.45) is 0. The van der Waals surface area contributed by atoms with Crippen LogP contribution >= 0.6 is 191 Å². The zero-order valence-electron chi connectivity index (χ0n) is 8.67. The first kappa shape index (κ1) is 37.6. The Balaban J connectivity index is -0.0000000533. The zero-order valence-corrected chi connectivity index (χ0v) is 28.7.